The Morgan fingerprint density at radius 1 is 1.43 bits per heavy atom. The van der Waals surface area contributed by atoms with E-state index < -0.39 is 11.6 Å². The minimum absolute atomic E-state index is 0.216. The molecule has 0 atom stereocenters. The van der Waals surface area contributed by atoms with Crippen molar-refractivity contribution < 1.29 is 19.4 Å². The van der Waals surface area contributed by atoms with Gasteiger partial charge in [0.05, 0.1) is 5.88 Å². The molecule has 0 aromatic rings. The number of amides is 1. The number of thioether (sulfide) groups is 1. The van der Waals surface area contributed by atoms with Crippen molar-refractivity contribution in [2.75, 3.05) is 19.0 Å². The molecule has 0 aliphatic carbocycles. The molecule has 2 rings (SSSR count). The summed E-state index contributed by atoms with van der Waals surface area (Å²) in [6.07, 6.45) is 0.925. The number of carboxylic acids is 1. The Balaban J connectivity index is 0.000000383. The van der Waals surface area contributed by atoms with Gasteiger partial charge in [0.2, 0.25) is 0 Å². The summed E-state index contributed by atoms with van der Waals surface area (Å²) in [4.78, 5) is 24.4. The Bertz CT molecular complexity index is 429. The predicted octanol–water partition coefficient (Wildman–Crippen LogP) is 2.61. The molecular formula is C14H24N2O4S. The number of carbonyl (C=O) groups excluding carboxylic acids is 1. The molecule has 6 nitrogen and oxygen atoms in total. The third kappa shape index (κ3) is 5.97. The third-order valence-electron chi connectivity index (χ3n) is 2.76. The number of hydrogen-bond donors (Lipinski definition) is 2. The lowest BCUT2D eigenvalue weighted by atomic mass is 10.2. The Labute approximate surface area is 129 Å². The van der Waals surface area contributed by atoms with Gasteiger partial charge >= 0.3 is 12.1 Å². The first-order valence-corrected chi connectivity index (χ1v) is 8.01. The van der Waals surface area contributed by atoms with E-state index in [4.69, 9.17) is 9.84 Å². The molecule has 120 valence electrons. The number of nitrogens with one attached hydrogen (secondary N) is 1. The van der Waals surface area contributed by atoms with Gasteiger partial charge < -0.3 is 15.2 Å². The van der Waals surface area contributed by atoms with Gasteiger partial charge in [-0.15, -0.1) is 11.8 Å². The lowest BCUT2D eigenvalue weighted by Gasteiger charge is -2.26. The molecule has 2 heterocycles. The van der Waals surface area contributed by atoms with Crippen LogP contribution in [0.2, 0.25) is 0 Å². The Morgan fingerprint density at radius 3 is 2.57 bits per heavy atom. The quantitative estimate of drug-likeness (QED) is 0.774. The molecule has 2 N–H and O–H groups in total. The fraction of sp³-hybridized carbons (Fsp3) is 0.714. The van der Waals surface area contributed by atoms with Crippen molar-refractivity contribution in [1.82, 2.24) is 10.2 Å². The van der Waals surface area contributed by atoms with Gasteiger partial charge in [-0.05, 0) is 20.8 Å². The van der Waals surface area contributed by atoms with E-state index in [0.29, 0.717) is 5.88 Å². The summed E-state index contributed by atoms with van der Waals surface area (Å²) in [5.41, 5.74) is 0.732. The Kier molecular flexibility index (Phi) is 6.54. The van der Waals surface area contributed by atoms with Crippen LogP contribution in [0.25, 0.3) is 0 Å². The van der Waals surface area contributed by atoms with Crippen LogP contribution in [0.3, 0.4) is 0 Å². The fourth-order valence-electron chi connectivity index (χ4n) is 1.77. The van der Waals surface area contributed by atoms with Gasteiger partial charge in [-0.2, -0.15) is 0 Å². The zero-order valence-corrected chi connectivity index (χ0v) is 13.9. The summed E-state index contributed by atoms with van der Waals surface area (Å²) < 4.78 is 5.39. The van der Waals surface area contributed by atoms with Crippen molar-refractivity contribution in [2.45, 2.75) is 46.1 Å². The summed E-state index contributed by atoms with van der Waals surface area (Å²) >= 11 is 1.73. The van der Waals surface area contributed by atoms with Crippen molar-refractivity contribution in [3.63, 3.8) is 0 Å². The molecule has 0 fully saturated rings. The molecule has 1 amide bonds. The molecule has 0 bridgehead atoms. The lowest BCUT2D eigenvalue weighted by Crippen LogP contribution is -2.36. The number of ether oxygens (including phenoxy) is 1. The highest BCUT2D eigenvalue weighted by atomic mass is 32.2. The SMILES string of the molecule is CC(C)(C)OC(=O)N1CSC2=C1CCNC2.CCC(=O)O. The standard InChI is InChI=1S/C11H18N2O2S.C3H6O2/c1-11(2,3)15-10(14)13-7-16-9-6-12-5-4-8(9)13;1-2-3(4)5/h12H,4-7H2,1-3H3;2H2,1H3,(H,4,5). The third-order valence-corrected chi connectivity index (χ3v) is 3.87. The molecule has 0 radical (unpaired) electrons. The van der Waals surface area contributed by atoms with E-state index in [9.17, 15) is 9.59 Å². The minimum atomic E-state index is -0.745. The van der Waals surface area contributed by atoms with Gasteiger partial charge in [-0.1, -0.05) is 6.92 Å². The number of carbonyl (C=O) groups is 2. The van der Waals surface area contributed by atoms with Crippen molar-refractivity contribution in [2.24, 2.45) is 0 Å². The van der Waals surface area contributed by atoms with Crippen molar-refractivity contribution in [1.29, 1.82) is 0 Å². The number of carboxylic acid groups (broad SMARTS) is 1. The van der Waals surface area contributed by atoms with Crippen LogP contribution >= 0.6 is 11.8 Å². The van der Waals surface area contributed by atoms with Crippen LogP contribution in [0.15, 0.2) is 10.6 Å². The van der Waals surface area contributed by atoms with Gasteiger partial charge in [0.25, 0.3) is 0 Å². The molecule has 0 aromatic heterocycles. The van der Waals surface area contributed by atoms with E-state index >= 15 is 0 Å². The summed E-state index contributed by atoms with van der Waals surface area (Å²) in [5.74, 6) is -0.0497. The molecule has 2 aliphatic rings. The highest BCUT2D eigenvalue weighted by Crippen LogP contribution is 2.35. The summed E-state index contributed by atoms with van der Waals surface area (Å²) in [6, 6.07) is 0. The van der Waals surface area contributed by atoms with Crippen LogP contribution in [0.5, 0.6) is 0 Å². The normalized spacial score (nSPS) is 17.8. The first-order chi connectivity index (χ1) is 9.74. The number of nitrogens with zero attached hydrogens (tertiary/aromatic N) is 1. The molecule has 7 heteroatoms. The molecule has 0 saturated heterocycles. The topological polar surface area (TPSA) is 78.9 Å². The second kappa shape index (κ2) is 7.70. The monoisotopic (exact) mass is 316 g/mol. The van der Waals surface area contributed by atoms with Crippen LogP contribution in [-0.4, -0.2) is 46.6 Å². The van der Waals surface area contributed by atoms with Gasteiger partial charge in [0, 0.05) is 36.5 Å². The van der Waals surface area contributed by atoms with Crippen LogP contribution in [0, 0.1) is 0 Å². The molecule has 0 spiro atoms. The molecule has 0 unspecified atom stereocenters. The van der Waals surface area contributed by atoms with E-state index in [1.54, 1.807) is 23.6 Å². The smallest absolute Gasteiger partial charge is 0.415 e. The molecule has 0 saturated carbocycles. The number of hydrogen-bond acceptors (Lipinski definition) is 5. The van der Waals surface area contributed by atoms with E-state index in [2.05, 4.69) is 5.32 Å². The Morgan fingerprint density at radius 2 is 2.05 bits per heavy atom. The summed E-state index contributed by atoms with van der Waals surface area (Å²) in [5, 5.41) is 11.0. The maximum atomic E-state index is 12.0. The summed E-state index contributed by atoms with van der Waals surface area (Å²) in [7, 11) is 0. The number of aliphatic carboxylic acids is 1. The zero-order valence-electron chi connectivity index (χ0n) is 13.1. The van der Waals surface area contributed by atoms with E-state index in [1.807, 2.05) is 20.8 Å². The first kappa shape index (κ1) is 17.8. The van der Waals surface area contributed by atoms with Crippen LogP contribution in [0.4, 0.5) is 4.79 Å². The molecule has 21 heavy (non-hydrogen) atoms. The van der Waals surface area contributed by atoms with Gasteiger partial charge in [0.15, 0.2) is 0 Å². The van der Waals surface area contributed by atoms with E-state index in [-0.39, 0.29) is 12.5 Å². The average Bonchev–Trinajstić information content (AvgIpc) is 2.81. The van der Waals surface area contributed by atoms with Crippen LogP contribution in [-0.2, 0) is 9.53 Å². The van der Waals surface area contributed by atoms with Crippen molar-refractivity contribution >= 4 is 23.8 Å². The maximum absolute atomic E-state index is 12.0. The van der Waals surface area contributed by atoms with Gasteiger partial charge in [0.1, 0.15) is 5.60 Å². The fourth-order valence-corrected chi connectivity index (χ4v) is 2.90. The maximum Gasteiger partial charge on any atom is 0.415 e. The predicted molar refractivity (Wildman–Crippen MR) is 83.0 cm³/mol. The van der Waals surface area contributed by atoms with Crippen molar-refractivity contribution in [3.05, 3.63) is 10.6 Å². The summed E-state index contributed by atoms with van der Waals surface area (Å²) in [6.45, 7) is 9.11. The number of rotatable bonds is 1. The van der Waals surface area contributed by atoms with Gasteiger partial charge in [-0.25, -0.2) is 4.79 Å². The van der Waals surface area contributed by atoms with E-state index in [0.717, 1.165) is 25.2 Å². The van der Waals surface area contributed by atoms with Gasteiger partial charge in [-0.3, -0.25) is 9.69 Å². The average molecular weight is 316 g/mol. The second-order valence-electron chi connectivity index (χ2n) is 5.73. The van der Waals surface area contributed by atoms with Crippen LogP contribution < -0.4 is 5.32 Å². The van der Waals surface area contributed by atoms with Crippen molar-refractivity contribution in [3.8, 4) is 0 Å². The van der Waals surface area contributed by atoms with Crippen LogP contribution in [0.1, 0.15) is 40.5 Å². The molecule has 2 aliphatic heterocycles. The van der Waals surface area contributed by atoms with E-state index in [1.165, 1.54) is 4.91 Å². The zero-order chi connectivity index (χ0) is 16.0. The highest BCUT2D eigenvalue weighted by molar-refractivity contribution is 8.03. The first-order valence-electron chi connectivity index (χ1n) is 7.02. The lowest BCUT2D eigenvalue weighted by molar-refractivity contribution is -0.136. The highest BCUT2D eigenvalue weighted by Gasteiger charge is 2.32. The minimum Gasteiger partial charge on any atom is -0.481 e. The molecule has 0 aromatic carbocycles. The molecular weight excluding hydrogens is 292 g/mol. The Hall–Kier alpha value is -1.21. The second-order valence-corrected chi connectivity index (χ2v) is 6.77. The largest absolute Gasteiger partial charge is 0.481 e.